The predicted molar refractivity (Wildman–Crippen MR) is 51.5 cm³/mol. The third-order valence-corrected chi connectivity index (χ3v) is 1.95. The van der Waals surface area contributed by atoms with Crippen molar-refractivity contribution >= 4 is 5.95 Å². The van der Waals surface area contributed by atoms with E-state index in [-0.39, 0.29) is 5.95 Å². The molecule has 2 heterocycles. The van der Waals surface area contributed by atoms with Crippen LogP contribution in [0.25, 0.3) is 11.5 Å². The molecule has 0 fully saturated rings. The summed E-state index contributed by atoms with van der Waals surface area (Å²) in [4.78, 5) is 0. The molecule has 0 saturated carbocycles. The van der Waals surface area contributed by atoms with Crippen molar-refractivity contribution in [2.75, 3.05) is 11.6 Å². The number of aryl methyl sites for hydroxylation is 2. The zero-order valence-electron chi connectivity index (χ0n) is 7.97. The molecule has 0 bridgehead atoms. The van der Waals surface area contributed by atoms with Crippen LogP contribution in [0.5, 0.6) is 0 Å². The maximum absolute atomic E-state index is 5.64. The first-order valence-electron chi connectivity index (χ1n) is 4.06. The Morgan fingerprint density at radius 3 is 2.50 bits per heavy atom. The van der Waals surface area contributed by atoms with E-state index in [1.54, 1.807) is 4.68 Å². The molecular weight excluding hydrogens is 182 g/mol. The van der Waals surface area contributed by atoms with Gasteiger partial charge in [0.05, 0.1) is 5.69 Å². The van der Waals surface area contributed by atoms with Gasteiger partial charge in [0.2, 0.25) is 11.8 Å². The molecule has 0 spiro atoms. The minimum Gasteiger partial charge on any atom is -0.366 e. The van der Waals surface area contributed by atoms with Gasteiger partial charge in [-0.15, -0.1) is 10.2 Å². The lowest BCUT2D eigenvalue weighted by atomic mass is 10.3. The van der Waals surface area contributed by atoms with Gasteiger partial charge in [-0.25, -0.2) is 4.68 Å². The van der Waals surface area contributed by atoms with Gasteiger partial charge in [0.1, 0.15) is 5.69 Å². The van der Waals surface area contributed by atoms with E-state index in [9.17, 15) is 0 Å². The Labute approximate surface area is 80.3 Å². The zero-order chi connectivity index (χ0) is 10.3. The topological polar surface area (TPSA) is 101 Å². The molecule has 0 unspecified atom stereocenters. The molecule has 74 valence electrons. The van der Waals surface area contributed by atoms with Gasteiger partial charge in [-0.2, -0.15) is 5.10 Å². The quantitative estimate of drug-likeness (QED) is 0.582. The summed E-state index contributed by atoms with van der Waals surface area (Å²) in [6.45, 7) is 1.89. The van der Waals surface area contributed by atoms with Crippen molar-refractivity contribution in [2.24, 2.45) is 7.05 Å². The van der Waals surface area contributed by atoms with Crippen LogP contribution in [0.4, 0.5) is 5.95 Å². The largest absolute Gasteiger partial charge is 0.366 e. The van der Waals surface area contributed by atoms with Crippen molar-refractivity contribution < 1.29 is 0 Å². The number of nitrogen functional groups attached to an aromatic ring is 2. The van der Waals surface area contributed by atoms with Crippen LogP contribution in [-0.2, 0) is 7.05 Å². The summed E-state index contributed by atoms with van der Waals surface area (Å²) in [6.07, 6.45) is 0. The van der Waals surface area contributed by atoms with E-state index >= 15 is 0 Å². The van der Waals surface area contributed by atoms with Crippen molar-refractivity contribution in [1.29, 1.82) is 0 Å². The summed E-state index contributed by atoms with van der Waals surface area (Å²) in [5.41, 5.74) is 7.15. The summed E-state index contributed by atoms with van der Waals surface area (Å²) in [6, 6.07) is 1.87. The van der Waals surface area contributed by atoms with Crippen LogP contribution in [0.1, 0.15) is 5.69 Å². The second-order valence-corrected chi connectivity index (χ2v) is 3.05. The van der Waals surface area contributed by atoms with Crippen LogP contribution in [0.3, 0.4) is 0 Å². The molecule has 7 nitrogen and oxygen atoms in total. The predicted octanol–water partition coefficient (Wildman–Crippen LogP) is -0.717. The minimum absolute atomic E-state index is 0.179. The fourth-order valence-electron chi connectivity index (χ4n) is 1.30. The van der Waals surface area contributed by atoms with Crippen molar-refractivity contribution in [3.63, 3.8) is 0 Å². The molecule has 14 heavy (non-hydrogen) atoms. The van der Waals surface area contributed by atoms with Crippen LogP contribution < -0.4 is 11.6 Å². The molecule has 0 radical (unpaired) electrons. The summed E-state index contributed by atoms with van der Waals surface area (Å²) < 4.78 is 2.92. The lowest BCUT2D eigenvalue weighted by Gasteiger charge is -2.00. The first-order chi connectivity index (χ1) is 6.59. The van der Waals surface area contributed by atoms with Gasteiger partial charge >= 0.3 is 0 Å². The Bertz CT molecular complexity index is 466. The smallest absolute Gasteiger partial charge is 0.241 e. The summed E-state index contributed by atoms with van der Waals surface area (Å²) in [5.74, 6) is 6.32. The van der Waals surface area contributed by atoms with E-state index in [1.807, 2.05) is 20.0 Å². The number of nitrogens with zero attached hydrogens (tertiary/aromatic N) is 5. The third kappa shape index (κ3) is 1.10. The molecule has 0 aliphatic heterocycles. The Balaban J connectivity index is 2.59. The highest BCUT2D eigenvalue weighted by molar-refractivity contribution is 5.52. The molecule has 7 heteroatoms. The summed E-state index contributed by atoms with van der Waals surface area (Å²) in [5, 5.41) is 11.7. The van der Waals surface area contributed by atoms with Crippen molar-refractivity contribution in [3.8, 4) is 11.5 Å². The standard InChI is InChI=1S/C7H11N7/c1-4-3-5(13(2)12-4)6-10-11-7(8)14(6)9/h3H,9H2,1-2H3,(H2,8,11). The number of nitrogens with two attached hydrogens (primary N) is 2. The Morgan fingerprint density at radius 1 is 1.36 bits per heavy atom. The number of anilines is 1. The monoisotopic (exact) mass is 193 g/mol. The van der Waals surface area contributed by atoms with Crippen LogP contribution >= 0.6 is 0 Å². The first-order valence-corrected chi connectivity index (χ1v) is 4.06. The fraction of sp³-hybridized carbons (Fsp3) is 0.286. The molecule has 4 N–H and O–H groups in total. The van der Waals surface area contributed by atoms with E-state index in [0.717, 1.165) is 11.4 Å². The maximum Gasteiger partial charge on any atom is 0.241 e. The van der Waals surface area contributed by atoms with E-state index in [0.29, 0.717) is 5.82 Å². The van der Waals surface area contributed by atoms with E-state index < -0.39 is 0 Å². The Morgan fingerprint density at radius 2 is 2.07 bits per heavy atom. The van der Waals surface area contributed by atoms with Gasteiger partial charge in [0.15, 0.2) is 0 Å². The molecule has 2 rings (SSSR count). The van der Waals surface area contributed by atoms with Crippen molar-refractivity contribution in [3.05, 3.63) is 11.8 Å². The first kappa shape index (κ1) is 8.54. The van der Waals surface area contributed by atoms with Gasteiger partial charge in [-0.05, 0) is 13.0 Å². The summed E-state index contributed by atoms with van der Waals surface area (Å²) in [7, 11) is 1.81. The van der Waals surface area contributed by atoms with Crippen LogP contribution in [-0.4, -0.2) is 24.7 Å². The normalized spacial score (nSPS) is 10.7. The molecule has 2 aromatic rings. The number of hydrogen-bond acceptors (Lipinski definition) is 5. The van der Waals surface area contributed by atoms with Gasteiger partial charge in [0.25, 0.3) is 0 Å². The molecule has 2 aromatic heterocycles. The molecule has 0 atom stereocenters. The number of rotatable bonds is 1. The van der Waals surface area contributed by atoms with E-state index in [4.69, 9.17) is 11.6 Å². The molecule has 0 amide bonds. The lowest BCUT2D eigenvalue weighted by molar-refractivity contribution is 0.755. The number of aromatic nitrogens is 5. The maximum atomic E-state index is 5.64. The Hall–Kier alpha value is -2.05. The average Bonchev–Trinajstić information content (AvgIpc) is 2.59. The molecule has 0 saturated heterocycles. The fourth-order valence-corrected chi connectivity index (χ4v) is 1.30. The van der Waals surface area contributed by atoms with Gasteiger partial charge < -0.3 is 11.6 Å². The molecule has 0 aromatic carbocycles. The summed E-state index contributed by atoms with van der Waals surface area (Å²) >= 11 is 0. The second kappa shape index (κ2) is 2.72. The van der Waals surface area contributed by atoms with Crippen LogP contribution in [0.15, 0.2) is 6.07 Å². The Kier molecular flexibility index (Phi) is 1.66. The highest BCUT2D eigenvalue weighted by Gasteiger charge is 2.13. The van der Waals surface area contributed by atoms with Crippen LogP contribution in [0.2, 0.25) is 0 Å². The van der Waals surface area contributed by atoms with E-state index in [2.05, 4.69) is 15.3 Å². The third-order valence-electron chi connectivity index (χ3n) is 1.95. The average molecular weight is 193 g/mol. The van der Waals surface area contributed by atoms with Crippen molar-refractivity contribution in [2.45, 2.75) is 6.92 Å². The highest BCUT2D eigenvalue weighted by atomic mass is 15.5. The molecule has 0 aliphatic rings. The minimum atomic E-state index is 0.179. The van der Waals surface area contributed by atoms with Gasteiger partial charge in [-0.1, -0.05) is 0 Å². The molecule has 0 aliphatic carbocycles. The van der Waals surface area contributed by atoms with Crippen LogP contribution in [0, 0.1) is 6.92 Å². The van der Waals surface area contributed by atoms with E-state index in [1.165, 1.54) is 4.68 Å². The van der Waals surface area contributed by atoms with Crippen molar-refractivity contribution in [1.82, 2.24) is 24.7 Å². The molecular formula is C7H11N7. The highest BCUT2D eigenvalue weighted by Crippen LogP contribution is 2.16. The van der Waals surface area contributed by atoms with Gasteiger partial charge in [0, 0.05) is 7.05 Å². The van der Waals surface area contributed by atoms with Gasteiger partial charge in [-0.3, -0.25) is 4.68 Å². The zero-order valence-corrected chi connectivity index (χ0v) is 7.97. The number of hydrogen-bond donors (Lipinski definition) is 2. The lowest BCUT2D eigenvalue weighted by Crippen LogP contribution is -2.14. The second-order valence-electron chi connectivity index (χ2n) is 3.05. The SMILES string of the molecule is Cc1cc(-c2nnc(N)n2N)n(C)n1.